The molecule has 3 aromatic heterocycles. The summed E-state index contributed by atoms with van der Waals surface area (Å²) in [7, 11) is 0. The van der Waals surface area contributed by atoms with Crippen molar-refractivity contribution in [3.05, 3.63) is 29.5 Å². The topological polar surface area (TPSA) is 99.1 Å². The molecular weight excluding hydrogens is 234 g/mol. The molecule has 0 aliphatic carbocycles. The summed E-state index contributed by atoms with van der Waals surface area (Å²) in [6.07, 6.45) is 3.70. The van der Waals surface area contributed by atoms with E-state index in [0.29, 0.717) is 23.0 Å². The lowest BCUT2D eigenvalue weighted by molar-refractivity contribution is 0.0690. The number of carboxylic acids is 1. The SMILES string of the molecule is Cc1cn2cc(-c3nc(C(=O)O)c(C)[nH]3)nc2[nH]1. The van der Waals surface area contributed by atoms with E-state index < -0.39 is 5.97 Å². The fourth-order valence-corrected chi connectivity index (χ4v) is 1.91. The monoisotopic (exact) mass is 245 g/mol. The van der Waals surface area contributed by atoms with Crippen molar-refractivity contribution in [2.45, 2.75) is 13.8 Å². The van der Waals surface area contributed by atoms with Crippen LogP contribution in [0.1, 0.15) is 21.9 Å². The molecule has 7 heteroatoms. The molecule has 0 atom stereocenters. The van der Waals surface area contributed by atoms with Gasteiger partial charge in [-0.15, -0.1) is 0 Å². The Bertz CT molecular complexity index is 717. The molecule has 92 valence electrons. The Hall–Kier alpha value is -2.57. The molecule has 3 aromatic rings. The largest absolute Gasteiger partial charge is 0.476 e. The maximum atomic E-state index is 10.9. The number of hydrogen-bond donors (Lipinski definition) is 3. The van der Waals surface area contributed by atoms with Gasteiger partial charge in [-0.05, 0) is 13.8 Å². The molecule has 0 aliphatic rings. The number of nitrogens with zero attached hydrogens (tertiary/aromatic N) is 3. The van der Waals surface area contributed by atoms with Crippen LogP contribution in [-0.2, 0) is 0 Å². The van der Waals surface area contributed by atoms with Crippen molar-refractivity contribution in [1.82, 2.24) is 24.3 Å². The van der Waals surface area contributed by atoms with Crippen LogP contribution in [0.2, 0.25) is 0 Å². The van der Waals surface area contributed by atoms with E-state index in [9.17, 15) is 4.79 Å². The third kappa shape index (κ3) is 1.48. The Morgan fingerprint density at radius 2 is 2.06 bits per heavy atom. The molecule has 0 saturated carbocycles. The first-order chi connectivity index (χ1) is 8.54. The van der Waals surface area contributed by atoms with Gasteiger partial charge in [-0.25, -0.2) is 14.8 Å². The van der Waals surface area contributed by atoms with Gasteiger partial charge < -0.3 is 15.1 Å². The van der Waals surface area contributed by atoms with E-state index in [2.05, 4.69) is 19.9 Å². The summed E-state index contributed by atoms with van der Waals surface area (Å²) in [5.74, 6) is 0.115. The normalized spacial score (nSPS) is 11.2. The Balaban J connectivity index is 2.10. The molecule has 0 radical (unpaired) electrons. The van der Waals surface area contributed by atoms with Crippen molar-refractivity contribution in [2.24, 2.45) is 0 Å². The molecule has 0 aromatic carbocycles. The van der Waals surface area contributed by atoms with E-state index in [4.69, 9.17) is 5.11 Å². The molecule has 3 heterocycles. The summed E-state index contributed by atoms with van der Waals surface area (Å²) >= 11 is 0. The van der Waals surface area contributed by atoms with E-state index in [1.165, 1.54) is 0 Å². The van der Waals surface area contributed by atoms with Gasteiger partial charge >= 0.3 is 5.97 Å². The van der Waals surface area contributed by atoms with Crippen LogP contribution < -0.4 is 0 Å². The summed E-state index contributed by atoms with van der Waals surface area (Å²) in [5, 5.41) is 8.95. The van der Waals surface area contributed by atoms with Crippen LogP contribution in [0.4, 0.5) is 0 Å². The summed E-state index contributed by atoms with van der Waals surface area (Å²) in [6, 6.07) is 0. The van der Waals surface area contributed by atoms with Crippen molar-refractivity contribution >= 4 is 11.7 Å². The molecule has 0 unspecified atom stereocenters. The van der Waals surface area contributed by atoms with Gasteiger partial charge in [0.05, 0.1) is 0 Å². The van der Waals surface area contributed by atoms with Crippen LogP contribution in [-0.4, -0.2) is 35.4 Å². The number of H-pyrrole nitrogens is 2. The highest BCUT2D eigenvalue weighted by atomic mass is 16.4. The van der Waals surface area contributed by atoms with Crippen LogP contribution >= 0.6 is 0 Å². The average molecular weight is 245 g/mol. The summed E-state index contributed by atoms with van der Waals surface area (Å²) < 4.78 is 1.84. The number of hydrogen-bond acceptors (Lipinski definition) is 3. The Labute approximate surface area is 102 Å². The highest BCUT2D eigenvalue weighted by Gasteiger charge is 2.16. The number of fused-ring (bicyclic) bond motifs is 1. The zero-order valence-corrected chi connectivity index (χ0v) is 9.85. The second-order valence-electron chi connectivity index (χ2n) is 4.16. The van der Waals surface area contributed by atoms with Crippen LogP contribution in [0.15, 0.2) is 12.4 Å². The van der Waals surface area contributed by atoms with Crippen LogP contribution in [0.25, 0.3) is 17.3 Å². The smallest absolute Gasteiger partial charge is 0.356 e. The second kappa shape index (κ2) is 3.46. The van der Waals surface area contributed by atoms with Gasteiger partial charge in [0.1, 0.15) is 5.69 Å². The van der Waals surface area contributed by atoms with Gasteiger partial charge in [0, 0.05) is 23.8 Å². The zero-order chi connectivity index (χ0) is 12.9. The fourth-order valence-electron chi connectivity index (χ4n) is 1.91. The van der Waals surface area contributed by atoms with Gasteiger partial charge in [-0.3, -0.25) is 4.40 Å². The Kier molecular flexibility index (Phi) is 2.03. The Morgan fingerprint density at radius 1 is 1.28 bits per heavy atom. The van der Waals surface area contributed by atoms with Gasteiger partial charge in [-0.2, -0.15) is 0 Å². The maximum Gasteiger partial charge on any atom is 0.356 e. The molecule has 0 bridgehead atoms. The number of carbonyl (C=O) groups is 1. The lowest BCUT2D eigenvalue weighted by atomic mass is 10.4. The standard InChI is InChI=1S/C11H11N5O2/c1-5-3-16-4-7(14-11(16)12-5)9-13-6(2)8(15-9)10(17)18/h3-4H,1-2H3,(H,12,14)(H,13,15)(H,17,18). The number of aromatic nitrogens is 5. The van der Waals surface area contributed by atoms with E-state index in [1.54, 1.807) is 13.1 Å². The van der Waals surface area contributed by atoms with Crippen molar-refractivity contribution in [1.29, 1.82) is 0 Å². The highest BCUT2D eigenvalue weighted by molar-refractivity contribution is 5.87. The molecule has 0 aliphatic heterocycles. The number of aromatic carboxylic acids is 1. The molecular formula is C11H11N5O2. The first-order valence-corrected chi connectivity index (χ1v) is 5.39. The third-order valence-electron chi connectivity index (χ3n) is 2.70. The minimum absolute atomic E-state index is 0.0258. The minimum atomic E-state index is -1.05. The predicted molar refractivity (Wildman–Crippen MR) is 63.6 cm³/mol. The lowest BCUT2D eigenvalue weighted by Gasteiger charge is -1.87. The maximum absolute atomic E-state index is 10.9. The van der Waals surface area contributed by atoms with E-state index in [1.807, 2.05) is 17.5 Å². The number of aromatic amines is 2. The molecule has 0 fully saturated rings. The third-order valence-corrected chi connectivity index (χ3v) is 2.70. The predicted octanol–water partition coefficient (Wildman–Crippen LogP) is 1.37. The molecule has 0 saturated heterocycles. The van der Waals surface area contributed by atoms with E-state index in [0.717, 1.165) is 5.69 Å². The molecule has 18 heavy (non-hydrogen) atoms. The van der Waals surface area contributed by atoms with Gasteiger partial charge in [0.15, 0.2) is 11.5 Å². The molecule has 7 nitrogen and oxygen atoms in total. The number of imidazole rings is 3. The first-order valence-electron chi connectivity index (χ1n) is 5.39. The summed E-state index contributed by atoms with van der Waals surface area (Å²) in [4.78, 5) is 25.3. The minimum Gasteiger partial charge on any atom is -0.476 e. The van der Waals surface area contributed by atoms with Crippen LogP contribution in [0, 0.1) is 13.8 Å². The molecule has 0 spiro atoms. The highest BCUT2D eigenvalue weighted by Crippen LogP contribution is 2.18. The molecule has 3 rings (SSSR count). The number of rotatable bonds is 2. The van der Waals surface area contributed by atoms with E-state index >= 15 is 0 Å². The molecule has 3 N–H and O–H groups in total. The van der Waals surface area contributed by atoms with Gasteiger partial charge in [0.25, 0.3) is 0 Å². The Morgan fingerprint density at radius 3 is 2.67 bits per heavy atom. The number of carboxylic acid groups (broad SMARTS) is 1. The molecule has 0 amide bonds. The fraction of sp³-hybridized carbons (Fsp3) is 0.182. The summed E-state index contributed by atoms with van der Waals surface area (Å²) in [6.45, 7) is 3.61. The van der Waals surface area contributed by atoms with Crippen LogP contribution in [0.3, 0.4) is 0 Å². The van der Waals surface area contributed by atoms with Crippen molar-refractivity contribution in [3.8, 4) is 11.5 Å². The first kappa shape index (κ1) is 10.6. The van der Waals surface area contributed by atoms with Crippen molar-refractivity contribution in [2.75, 3.05) is 0 Å². The van der Waals surface area contributed by atoms with Gasteiger partial charge in [-0.1, -0.05) is 0 Å². The summed E-state index contributed by atoms with van der Waals surface area (Å²) in [5.41, 5.74) is 2.16. The van der Waals surface area contributed by atoms with Gasteiger partial charge in [0.2, 0.25) is 5.78 Å². The quantitative estimate of drug-likeness (QED) is 0.634. The number of aryl methyl sites for hydroxylation is 2. The average Bonchev–Trinajstić information content (AvgIpc) is 2.89. The van der Waals surface area contributed by atoms with E-state index in [-0.39, 0.29) is 5.69 Å². The lowest BCUT2D eigenvalue weighted by Crippen LogP contribution is -1.98. The van der Waals surface area contributed by atoms with Crippen LogP contribution in [0.5, 0.6) is 0 Å². The van der Waals surface area contributed by atoms with Crippen molar-refractivity contribution in [3.63, 3.8) is 0 Å². The second-order valence-corrected chi connectivity index (χ2v) is 4.16. The van der Waals surface area contributed by atoms with Crippen molar-refractivity contribution < 1.29 is 9.90 Å². The zero-order valence-electron chi connectivity index (χ0n) is 9.85. The number of nitrogens with one attached hydrogen (secondary N) is 2.